The van der Waals surface area contributed by atoms with Crippen molar-refractivity contribution in [2.24, 2.45) is 4.36 Å². The van der Waals surface area contributed by atoms with E-state index in [1.54, 1.807) is 40.3 Å². The van der Waals surface area contributed by atoms with Gasteiger partial charge >= 0.3 is 0 Å². The van der Waals surface area contributed by atoms with E-state index in [9.17, 15) is 9.00 Å². The molecule has 7 nitrogen and oxygen atoms in total. The third-order valence-electron chi connectivity index (χ3n) is 3.10. The van der Waals surface area contributed by atoms with Crippen molar-refractivity contribution in [2.45, 2.75) is 0 Å². The summed E-state index contributed by atoms with van der Waals surface area (Å²) in [6.45, 7) is 0. The van der Waals surface area contributed by atoms with Crippen molar-refractivity contribution in [3.05, 3.63) is 54.2 Å². The van der Waals surface area contributed by atoms with Crippen LogP contribution in [0.1, 0.15) is 10.4 Å². The molecule has 0 saturated heterocycles. The van der Waals surface area contributed by atoms with E-state index in [0.717, 1.165) is 0 Å². The summed E-state index contributed by atoms with van der Waals surface area (Å²) in [5.74, 6) is 0.281. The predicted octanol–water partition coefficient (Wildman–Crippen LogP) is 2.44. The zero-order chi connectivity index (χ0) is 17.7. The Bertz CT molecular complexity index is 814. The molecule has 2 rings (SSSR count). The predicted molar refractivity (Wildman–Crippen MR) is 93.0 cm³/mol. The van der Waals surface area contributed by atoms with Gasteiger partial charge in [-0.2, -0.15) is 0 Å². The molecular formula is C16H20N4O3S. The third-order valence-corrected chi connectivity index (χ3v) is 5.41. The first-order valence-corrected chi connectivity index (χ1v) is 8.61. The summed E-state index contributed by atoms with van der Waals surface area (Å²) in [6.07, 6.45) is 1.45. The number of para-hydroxylation sites is 1. The minimum absolute atomic E-state index is 0.257. The van der Waals surface area contributed by atoms with Gasteiger partial charge in [0.1, 0.15) is 5.75 Å². The number of rotatable bonds is 5. The second-order valence-corrected chi connectivity index (χ2v) is 7.87. The molecule has 0 aliphatic heterocycles. The highest BCUT2D eigenvalue weighted by Gasteiger charge is 2.19. The fraction of sp³-hybridized carbons (Fsp3) is 0.250. The van der Waals surface area contributed by atoms with Crippen molar-refractivity contribution in [1.29, 1.82) is 0 Å². The fourth-order valence-corrected chi connectivity index (χ4v) is 3.16. The Morgan fingerprint density at radius 2 is 1.71 bits per heavy atom. The van der Waals surface area contributed by atoms with Gasteiger partial charge in [-0.05, 0) is 18.2 Å². The van der Waals surface area contributed by atoms with Gasteiger partial charge in [-0.25, -0.2) is 17.8 Å². The number of carbonyl (C=O) groups is 1. The zero-order valence-corrected chi connectivity index (χ0v) is 14.9. The summed E-state index contributed by atoms with van der Waals surface area (Å²) < 4.78 is 25.1. The Hall–Kier alpha value is -2.29. The van der Waals surface area contributed by atoms with E-state index in [1.807, 2.05) is 18.2 Å². The van der Waals surface area contributed by atoms with Crippen LogP contribution in [-0.4, -0.2) is 51.9 Å². The monoisotopic (exact) mass is 348 g/mol. The second kappa shape index (κ2) is 7.52. The van der Waals surface area contributed by atoms with Gasteiger partial charge in [0.15, 0.2) is 10.1 Å². The summed E-state index contributed by atoms with van der Waals surface area (Å²) in [4.78, 5) is 16.5. The first-order chi connectivity index (χ1) is 11.3. The number of ether oxygens (including phenoxy) is 1. The fourth-order valence-electron chi connectivity index (χ4n) is 1.86. The molecule has 0 radical (unpaired) electrons. The SMILES string of the molecule is CN(C)S(=O)(=NC(=O)c1ccnc(Oc2ccccc2)c1)N(C)C. The van der Waals surface area contributed by atoms with Crippen molar-refractivity contribution in [1.82, 2.24) is 13.6 Å². The maximum atomic E-state index is 12.8. The Balaban J connectivity index is 2.31. The van der Waals surface area contributed by atoms with Crippen LogP contribution in [-0.2, 0) is 10.1 Å². The average Bonchev–Trinajstić information content (AvgIpc) is 2.55. The molecule has 0 aliphatic carbocycles. The Kier molecular flexibility index (Phi) is 5.66. The molecule has 0 bridgehead atoms. The van der Waals surface area contributed by atoms with Crippen LogP contribution in [0.15, 0.2) is 53.0 Å². The Morgan fingerprint density at radius 1 is 1.08 bits per heavy atom. The van der Waals surface area contributed by atoms with Crippen LogP contribution >= 0.6 is 0 Å². The van der Waals surface area contributed by atoms with E-state index >= 15 is 0 Å². The molecule has 128 valence electrons. The summed E-state index contributed by atoms with van der Waals surface area (Å²) in [5, 5.41) is 0. The quantitative estimate of drug-likeness (QED) is 0.832. The topological polar surface area (TPSA) is 75.1 Å². The van der Waals surface area contributed by atoms with Gasteiger partial charge in [-0.15, -0.1) is 4.36 Å². The molecule has 1 amide bonds. The number of aromatic nitrogens is 1. The van der Waals surface area contributed by atoms with E-state index in [1.165, 1.54) is 26.9 Å². The van der Waals surface area contributed by atoms with E-state index in [4.69, 9.17) is 4.74 Å². The van der Waals surface area contributed by atoms with Crippen LogP contribution in [0, 0.1) is 0 Å². The molecule has 0 fully saturated rings. The number of pyridine rings is 1. The van der Waals surface area contributed by atoms with Gasteiger partial charge in [0.05, 0.1) is 0 Å². The highest BCUT2D eigenvalue weighted by molar-refractivity contribution is 7.89. The van der Waals surface area contributed by atoms with Gasteiger partial charge in [0, 0.05) is 46.0 Å². The number of amides is 1. The number of carbonyl (C=O) groups excluding carboxylic acids is 1. The van der Waals surface area contributed by atoms with E-state index < -0.39 is 16.0 Å². The van der Waals surface area contributed by atoms with Crippen molar-refractivity contribution in [2.75, 3.05) is 28.2 Å². The molecule has 1 aromatic heterocycles. The van der Waals surface area contributed by atoms with Crippen molar-refractivity contribution in [3.63, 3.8) is 0 Å². The summed E-state index contributed by atoms with van der Waals surface area (Å²) in [7, 11) is 3.47. The molecule has 1 heterocycles. The Morgan fingerprint density at radius 3 is 2.29 bits per heavy atom. The Labute approximate surface area is 142 Å². The molecule has 0 saturated carbocycles. The molecule has 0 unspecified atom stereocenters. The first-order valence-electron chi connectivity index (χ1n) is 7.18. The summed E-state index contributed by atoms with van der Waals surface area (Å²) in [6, 6.07) is 12.1. The van der Waals surface area contributed by atoms with Crippen LogP contribution in [0.3, 0.4) is 0 Å². The third kappa shape index (κ3) is 4.16. The zero-order valence-electron chi connectivity index (χ0n) is 14.0. The van der Waals surface area contributed by atoms with Crippen LogP contribution in [0.25, 0.3) is 0 Å². The molecule has 24 heavy (non-hydrogen) atoms. The van der Waals surface area contributed by atoms with Crippen LogP contribution < -0.4 is 4.74 Å². The van der Waals surface area contributed by atoms with Crippen LogP contribution in [0.5, 0.6) is 11.6 Å². The molecule has 2 aromatic rings. The van der Waals surface area contributed by atoms with Gasteiger partial charge in [0.25, 0.3) is 5.91 Å². The smallest absolute Gasteiger partial charge is 0.287 e. The standard InChI is InChI=1S/C16H20N4O3S/c1-19(2)24(22,20(3)4)18-16(21)13-10-11-17-15(12-13)23-14-8-6-5-7-9-14/h5-12H,1-4H3. The van der Waals surface area contributed by atoms with Crippen molar-refractivity contribution >= 4 is 16.0 Å². The van der Waals surface area contributed by atoms with E-state index in [-0.39, 0.29) is 11.4 Å². The van der Waals surface area contributed by atoms with Crippen molar-refractivity contribution < 1.29 is 13.7 Å². The largest absolute Gasteiger partial charge is 0.439 e. The normalized spacial score (nSPS) is 11.6. The maximum absolute atomic E-state index is 12.8. The lowest BCUT2D eigenvalue weighted by molar-refractivity contribution is 0.100. The molecule has 0 atom stereocenters. The first kappa shape index (κ1) is 18.1. The van der Waals surface area contributed by atoms with Gasteiger partial charge in [-0.3, -0.25) is 4.79 Å². The molecule has 0 N–H and O–H groups in total. The van der Waals surface area contributed by atoms with Crippen LogP contribution in [0.4, 0.5) is 0 Å². The molecular weight excluding hydrogens is 328 g/mol. The molecule has 0 spiro atoms. The van der Waals surface area contributed by atoms with E-state index in [0.29, 0.717) is 5.75 Å². The lowest BCUT2D eigenvalue weighted by Crippen LogP contribution is -2.35. The lowest BCUT2D eigenvalue weighted by Gasteiger charge is -2.22. The van der Waals surface area contributed by atoms with Crippen molar-refractivity contribution in [3.8, 4) is 11.6 Å². The maximum Gasteiger partial charge on any atom is 0.287 e. The molecule has 0 aliphatic rings. The second-order valence-electron chi connectivity index (χ2n) is 5.29. The number of hydrogen-bond acceptors (Lipinski definition) is 4. The minimum atomic E-state index is -2.96. The van der Waals surface area contributed by atoms with Gasteiger partial charge < -0.3 is 4.74 Å². The van der Waals surface area contributed by atoms with Crippen LogP contribution in [0.2, 0.25) is 0 Å². The highest BCUT2D eigenvalue weighted by Crippen LogP contribution is 2.20. The summed E-state index contributed by atoms with van der Waals surface area (Å²) in [5.41, 5.74) is 0.257. The molecule has 8 heteroatoms. The van der Waals surface area contributed by atoms with Gasteiger partial charge in [-0.1, -0.05) is 18.2 Å². The number of benzene rings is 1. The molecule has 1 aromatic carbocycles. The van der Waals surface area contributed by atoms with Gasteiger partial charge in [0.2, 0.25) is 5.88 Å². The lowest BCUT2D eigenvalue weighted by atomic mass is 10.2. The number of nitrogens with zero attached hydrogens (tertiary/aromatic N) is 4. The average molecular weight is 348 g/mol. The number of hydrogen-bond donors (Lipinski definition) is 0. The van der Waals surface area contributed by atoms with E-state index in [2.05, 4.69) is 9.35 Å². The summed E-state index contributed by atoms with van der Waals surface area (Å²) >= 11 is 0. The highest BCUT2D eigenvalue weighted by atomic mass is 32.2. The minimum Gasteiger partial charge on any atom is -0.439 e.